The predicted molar refractivity (Wildman–Crippen MR) is 92.7 cm³/mol. The van der Waals surface area contributed by atoms with Crippen molar-refractivity contribution in [1.29, 1.82) is 0 Å². The van der Waals surface area contributed by atoms with Gasteiger partial charge in [0.1, 0.15) is 4.99 Å². The van der Waals surface area contributed by atoms with Gasteiger partial charge in [-0.1, -0.05) is 30.4 Å². The molecule has 5 heteroatoms. The van der Waals surface area contributed by atoms with Gasteiger partial charge in [0.25, 0.3) is 0 Å². The Bertz CT molecular complexity index is 855. The molecule has 3 aromatic rings. The lowest BCUT2D eigenvalue weighted by atomic mass is 10.0. The van der Waals surface area contributed by atoms with Crippen molar-refractivity contribution in [3.63, 3.8) is 0 Å². The van der Waals surface area contributed by atoms with Crippen molar-refractivity contribution in [3.05, 3.63) is 48.0 Å². The first kappa shape index (κ1) is 14.4. The second kappa shape index (κ2) is 5.69. The zero-order valence-corrected chi connectivity index (χ0v) is 13.2. The van der Waals surface area contributed by atoms with Crippen LogP contribution in [-0.4, -0.2) is 24.2 Å². The van der Waals surface area contributed by atoms with Crippen LogP contribution in [0.4, 0.5) is 0 Å². The van der Waals surface area contributed by atoms with Gasteiger partial charge in [0, 0.05) is 22.0 Å². The Morgan fingerprint density at radius 3 is 2.45 bits per heavy atom. The lowest BCUT2D eigenvalue weighted by Crippen LogP contribution is -2.10. The van der Waals surface area contributed by atoms with Gasteiger partial charge in [0.2, 0.25) is 0 Å². The van der Waals surface area contributed by atoms with E-state index in [1.807, 2.05) is 42.5 Å². The second-order valence-electron chi connectivity index (χ2n) is 4.85. The maximum absolute atomic E-state index is 5.94. The minimum Gasteiger partial charge on any atom is -0.493 e. The summed E-state index contributed by atoms with van der Waals surface area (Å²) in [5, 5.41) is 1.01. The van der Waals surface area contributed by atoms with E-state index in [-0.39, 0.29) is 0 Å². The lowest BCUT2D eigenvalue weighted by molar-refractivity contribution is 0.355. The standard InChI is InChI=1S/C17H16N2O2S/c1-20-13-8-7-10(9-14(13)21-2)16-15(17(18)22)11-5-3-4-6-12(11)19-16/h3-9,19H,1-2H3,(H2,18,22). The summed E-state index contributed by atoms with van der Waals surface area (Å²) in [4.78, 5) is 3.75. The Hall–Kier alpha value is -2.53. The van der Waals surface area contributed by atoms with E-state index in [1.54, 1.807) is 14.2 Å². The van der Waals surface area contributed by atoms with Crippen molar-refractivity contribution in [3.8, 4) is 22.8 Å². The van der Waals surface area contributed by atoms with Crippen molar-refractivity contribution >= 4 is 28.1 Å². The number of aromatic amines is 1. The van der Waals surface area contributed by atoms with Gasteiger partial charge >= 0.3 is 0 Å². The number of ether oxygens (including phenoxy) is 2. The van der Waals surface area contributed by atoms with E-state index in [0.717, 1.165) is 27.7 Å². The van der Waals surface area contributed by atoms with E-state index in [4.69, 9.17) is 27.4 Å². The molecule has 3 rings (SSSR count). The normalized spacial score (nSPS) is 10.6. The van der Waals surface area contributed by atoms with E-state index in [0.29, 0.717) is 16.5 Å². The maximum atomic E-state index is 5.94. The zero-order chi connectivity index (χ0) is 15.7. The van der Waals surface area contributed by atoms with Crippen molar-refractivity contribution in [2.75, 3.05) is 14.2 Å². The van der Waals surface area contributed by atoms with Crippen LogP contribution in [0.15, 0.2) is 42.5 Å². The third kappa shape index (κ3) is 2.29. The number of nitrogens with two attached hydrogens (primary N) is 1. The predicted octanol–water partition coefficient (Wildman–Crippen LogP) is 3.49. The lowest BCUT2D eigenvalue weighted by Gasteiger charge is -2.10. The summed E-state index contributed by atoms with van der Waals surface area (Å²) in [6, 6.07) is 13.7. The highest BCUT2D eigenvalue weighted by Crippen LogP contribution is 2.35. The number of hydrogen-bond acceptors (Lipinski definition) is 3. The summed E-state index contributed by atoms with van der Waals surface area (Å²) < 4.78 is 10.6. The molecule has 3 N–H and O–H groups in total. The molecule has 0 saturated carbocycles. The first-order chi connectivity index (χ1) is 10.7. The van der Waals surface area contributed by atoms with Crippen molar-refractivity contribution in [2.45, 2.75) is 0 Å². The summed E-state index contributed by atoms with van der Waals surface area (Å²) in [5.41, 5.74) is 9.61. The molecule has 2 aromatic carbocycles. The molecule has 0 amide bonds. The highest BCUT2D eigenvalue weighted by Gasteiger charge is 2.16. The van der Waals surface area contributed by atoms with Crippen LogP contribution >= 0.6 is 12.2 Å². The Morgan fingerprint density at radius 1 is 1.05 bits per heavy atom. The molecule has 0 aliphatic carbocycles. The smallest absolute Gasteiger partial charge is 0.161 e. The summed E-state index contributed by atoms with van der Waals surface area (Å²) in [6.07, 6.45) is 0. The largest absolute Gasteiger partial charge is 0.493 e. The molecular formula is C17H16N2O2S. The highest BCUT2D eigenvalue weighted by molar-refractivity contribution is 7.80. The number of para-hydroxylation sites is 1. The molecule has 0 fully saturated rings. The fourth-order valence-electron chi connectivity index (χ4n) is 2.61. The van der Waals surface area contributed by atoms with Crippen molar-refractivity contribution in [1.82, 2.24) is 4.98 Å². The number of hydrogen-bond donors (Lipinski definition) is 2. The van der Waals surface area contributed by atoms with Gasteiger partial charge in [-0.15, -0.1) is 0 Å². The Labute approximate surface area is 133 Å². The van der Waals surface area contributed by atoms with Crippen LogP contribution < -0.4 is 15.2 Å². The van der Waals surface area contributed by atoms with Gasteiger partial charge < -0.3 is 20.2 Å². The topological polar surface area (TPSA) is 60.3 Å². The van der Waals surface area contributed by atoms with Crippen LogP contribution in [-0.2, 0) is 0 Å². The molecule has 0 unspecified atom stereocenters. The monoisotopic (exact) mass is 312 g/mol. The Morgan fingerprint density at radius 2 is 1.77 bits per heavy atom. The number of fused-ring (bicyclic) bond motifs is 1. The van der Waals surface area contributed by atoms with E-state index in [2.05, 4.69) is 4.98 Å². The average molecular weight is 312 g/mol. The molecular weight excluding hydrogens is 296 g/mol. The second-order valence-corrected chi connectivity index (χ2v) is 5.29. The van der Waals surface area contributed by atoms with Gasteiger partial charge in [-0.3, -0.25) is 0 Å². The molecule has 0 aliphatic heterocycles. The number of aromatic nitrogens is 1. The van der Waals surface area contributed by atoms with Crippen LogP contribution in [0.5, 0.6) is 11.5 Å². The van der Waals surface area contributed by atoms with Crippen LogP contribution in [0.25, 0.3) is 22.2 Å². The van der Waals surface area contributed by atoms with E-state index < -0.39 is 0 Å². The SMILES string of the molecule is COc1ccc(-c2[nH]c3ccccc3c2C(N)=S)cc1OC. The third-order valence-electron chi connectivity index (χ3n) is 3.62. The average Bonchev–Trinajstić information content (AvgIpc) is 2.93. The van der Waals surface area contributed by atoms with Gasteiger partial charge in [0.15, 0.2) is 11.5 Å². The van der Waals surface area contributed by atoms with Crippen LogP contribution in [0.1, 0.15) is 5.56 Å². The number of nitrogens with one attached hydrogen (secondary N) is 1. The van der Waals surface area contributed by atoms with Gasteiger partial charge in [-0.25, -0.2) is 0 Å². The number of thiocarbonyl (C=S) groups is 1. The van der Waals surface area contributed by atoms with E-state index in [9.17, 15) is 0 Å². The fourth-order valence-corrected chi connectivity index (χ4v) is 2.82. The minimum absolute atomic E-state index is 0.363. The highest BCUT2D eigenvalue weighted by atomic mass is 32.1. The fraction of sp³-hybridized carbons (Fsp3) is 0.118. The molecule has 0 saturated heterocycles. The first-order valence-corrected chi connectivity index (χ1v) is 7.19. The summed E-state index contributed by atoms with van der Waals surface area (Å²) >= 11 is 5.24. The molecule has 0 spiro atoms. The molecule has 1 aromatic heterocycles. The van der Waals surface area contributed by atoms with E-state index in [1.165, 1.54) is 0 Å². The number of benzene rings is 2. The number of H-pyrrole nitrogens is 1. The zero-order valence-electron chi connectivity index (χ0n) is 12.3. The maximum Gasteiger partial charge on any atom is 0.161 e. The summed E-state index contributed by atoms with van der Waals surface area (Å²) in [6.45, 7) is 0. The molecule has 4 nitrogen and oxygen atoms in total. The number of methoxy groups -OCH3 is 2. The summed E-state index contributed by atoms with van der Waals surface area (Å²) in [5.74, 6) is 1.34. The van der Waals surface area contributed by atoms with Crippen molar-refractivity contribution < 1.29 is 9.47 Å². The Kier molecular flexibility index (Phi) is 3.73. The van der Waals surface area contributed by atoms with Crippen LogP contribution in [0, 0.1) is 0 Å². The first-order valence-electron chi connectivity index (χ1n) is 6.78. The third-order valence-corrected chi connectivity index (χ3v) is 3.83. The van der Waals surface area contributed by atoms with Crippen LogP contribution in [0.3, 0.4) is 0 Å². The van der Waals surface area contributed by atoms with Crippen LogP contribution in [0.2, 0.25) is 0 Å². The number of rotatable bonds is 4. The molecule has 0 radical (unpaired) electrons. The van der Waals surface area contributed by atoms with Gasteiger partial charge in [-0.2, -0.15) is 0 Å². The van der Waals surface area contributed by atoms with Gasteiger partial charge in [-0.05, 0) is 24.3 Å². The molecule has 0 atom stereocenters. The molecule has 22 heavy (non-hydrogen) atoms. The van der Waals surface area contributed by atoms with Crippen molar-refractivity contribution in [2.24, 2.45) is 5.73 Å². The summed E-state index contributed by atoms with van der Waals surface area (Å²) in [7, 11) is 3.22. The Balaban J connectivity index is 2.26. The molecule has 112 valence electrons. The quantitative estimate of drug-likeness (QED) is 0.724. The molecule has 0 aliphatic rings. The van der Waals surface area contributed by atoms with E-state index >= 15 is 0 Å². The minimum atomic E-state index is 0.363. The molecule has 0 bridgehead atoms. The van der Waals surface area contributed by atoms with Gasteiger partial charge in [0.05, 0.1) is 19.9 Å². The molecule has 1 heterocycles.